The number of aromatic hydroxyl groups is 1. The number of benzene rings is 2. The first-order chi connectivity index (χ1) is 12.4. The topological polar surface area (TPSA) is 118 Å². The molecule has 0 spiro atoms. The molecule has 0 fully saturated rings. The van der Waals surface area contributed by atoms with Gasteiger partial charge in [0.05, 0.1) is 11.0 Å². The zero-order chi connectivity index (χ0) is 18.4. The number of fused-ring (bicyclic) bond motifs is 3. The van der Waals surface area contributed by atoms with Gasteiger partial charge in [-0.25, -0.2) is 4.79 Å². The van der Waals surface area contributed by atoms with Crippen molar-refractivity contribution in [3.8, 4) is 5.75 Å². The van der Waals surface area contributed by atoms with E-state index < -0.39 is 17.1 Å². The molecule has 4 aromatic rings. The lowest BCUT2D eigenvalue weighted by Gasteiger charge is -2.10. The fourth-order valence-corrected chi connectivity index (χ4v) is 3.07. The molecule has 0 aliphatic heterocycles. The fourth-order valence-electron chi connectivity index (χ4n) is 2.88. The Kier molecular flexibility index (Phi) is 3.59. The second-order valence-corrected chi connectivity index (χ2v) is 6.21. The molecule has 7 nitrogen and oxygen atoms in total. The van der Waals surface area contributed by atoms with E-state index in [0.717, 1.165) is 0 Å². The van der Waals surface area contributed by atoms with Crippen molar-refractivity contribution in [2.45, 2.75) is 0 Å². The van der Waals surface area contributed by atoms with Gasteiger partial charge in [-0.1, -0.05) is 17.7 Å². The number of carboxylic acids is 1. The summed E-state index contributed by atoms with van der Waals surface area (Å²) in [5.41, 5.74) is 1.15. The van der Waals surface area contributed by atoms with Crippen molar-refractivity contribution in [2.75, 3.05) is 5.32 Å². The van der Waals surface area contributed by atoms with Gasteiger partial charge in [-0.3, -0.25) is 4.79 Å². The number of halogens is 1. The van der Waals surface area contributed by atoms with Crippen LogP contribution in [0.5, 0.6) is 5.75 Å². The van der Waals surface area contributed by atoms with E-state index in [1.807, 2.05) is 0 Å². The first kappa shape index (κ1) is 16.0. The minimum absolute atomic E-state index is 0.0476. The van der Waals surface area contributed by atoms with Crippen LogP contribution >= 0.6 is 11.6 Å². The minimum atomic E-state index is -1.14. The molecular weight excluding hydrogens is 358 g/mol. The summed E-state index contributed by atoms with van der Waals surface area (Å²) in [5.74, 6) is -1.14. The van der Waals surface area contributed by atoms with Gasteiger partial charge in [0, 0.05) is 27.5 Å². The van der Waals surface area contributed by atoms with Gasteiger partial charge in [0.25, 0.3) is 0 Å². The van der Waals surface area contributed by atoms with Gasteiger partial charge in [-0.05, 0) is 30.3 Å². The third-order valence-corrected chi connectivity index (χ3v) is 4.28. The van der Waals surface area contributed by atoms with Crippen molar-refractivity contribution in [1.82, 2.24) is 9.97 Å². The molecule has 2 aromatic carbocycles. The molecule has 2 aromatic heterocycles. The van der Waals surface area contributed by atoms with Gasteiger partial charge in [-0.15, -0.1) is 0 Å². The highest BCUT2D eigenvalue weighted by atomic mass is 35.5. The number of hydrogen-bond acceptors (Lipinski definition) is 4. The van der Waals surface area contributed by atoms with E-state index in [4.69, 9.17) is 11.6 Å². The number of anilines is 2. The van der Waals surface area contributed by atoms with Crippen LogP contribution in [0.3, 0.4) is 0 Å². The number of nitrogens with one attached hydrogen (secondary N) is 3. The molecule has 8 heteroatoms. The number of phenolic OH excluding ortho intramolecular Hbond substituents is 1. The predicted octanol–water partition coefficient (Wildman–Crippen LogP) is 3.81. The zero-order valence-corrected chi connectivity index (χ0v) is 13.9. The van der Waals surface area contributed by atoms with Crippen LogP contribution in [0.25, 0.3) is 21.8 Å². The number of pyridine rings is 1. The molecule has 0 bridgehead atoms. The first-order valence-electron chi connectivity index (χ1n) is 7.60. The SMILES string of the molecule is O=C(O)c1cc2c([nH]c3cc(=O)c(O)cc32)c(Nc2cccc(Cl)c2)[nH]1. The lowest BCUT2D eigenvalue weighted by atomic mass is 10.1. The molecule has 0 radical (unpaired) electrons. The van der Waals surface area contributed by atoms with E-state index in [9.17, 15) is 19.8 Å². The van der Waals surface area contributed by atoms with E-state index >= 15 is 0 Å². The summed E-state index contributed by atoms with van der Waals surface area (Å²) in [6.07, 6.45) is 0. The second kappa shape index (κ2) is 5.82. The maximum absolute atomic E-state index is 11.7. The van der Waals surface area contributed by atoms with Crippen molar-refractivity contribution in [3.05, 3.63) is 63.4 Å². The number of hydrogen-bond donors (Lipinski definition) is 5. The average molecular weight is 370 g/mol. The Balaban J connectivity index is 2.01. The number of phenols is 1. The van der Waals surface area contributed by atoms with Crippen LogP contribution in [0.1, 0.15) is 10.5 Å². The van der Waals surface area contributed by atoms with Crippen LogP contribution in [0, 0.1) is 0 Å². The molecular formula is C18H12ClN3O4. The fraction of sp³-hybridized carbons (Fsp3) is 0. The van der Waals surface area contributed by atoms with Crippen molar-refractivity contribution < 1.29 is 15.0 Å². The molecule has 0 amide bonds. The third kappa shape index (κ3) is 2.64. The number of aromatic nitrogens is 2. The van der Waals surface area contributed by atoms with Crippen LogP contribution in [0.15, 0.2) is 47.3 Å². The zero-order valence-electron chi connectivity index (χ0n) is 13.1. The average Bonchev–Trinajstić information content (AvgIpc) is 2.93. The van der Waals surface area contributed by atoms with Crippen LogP contribution < -0.4 is 10.7 Å². The highest BCUT2D eigenvalue weighted by molar-refractivity contribution is 6.30. The van der Waals surface area contributed by atoms with Gasteiger partial charge >= 0.3 is 5.97 Å². The molecule has 0 saturated heterocycles. The molecule has 26 heavy (non-hydrogen) atoms. The lowest BCUT2D eigenvalue weighted by molar-refractivity contribution is 0.0691. The van der Waals surface area contributed by atoms with Gasteiger partial charge in [0.1, 0.15) is 11.5 Å². The van der Waals surface area contributed by atoms with Gasteiger partial charge in [0.15, 0.2) is 5.75 Å². The largest absolute Gasteiger partial charge is 0.504 e. The van der Waals surface area contributed by atoms with Gasteiger partial charge < -0.3 is 25.5 Å². The van der Waals surface area contributed by atoms with E-state index in [0.29, 0.717) is 38.3 Å². The Morgan fingerprint density at radius 2 is 1.88 bits per heavy atom. The highest BCUT2D eigenvalue weighted by Crippen LogP contribution is 2.32. The van der Waals surface area contributed by atoms with Crippen LogP contribution in [0.2, 0.25) is 5.02 Å². The Morgan fingerprint density at radius 3 is 2.62 bits per heavy atom. The van der Waals surface area contributed by atoms with E-state index in [1.165, 1.54) is 18.2 Å². The molecule has 2 heterocycles. The lowest BCUT2D eigenvalue weighted by Crippen LogP contribution is -2.03. The van der Waals surface area contributed by atoms with E-state index in [1.54, 1.807) is 24.3 Å². The van der Waals surface area contributed by atoms with Gasteiger partial charge in [0.2, 0.25) is 5.43 Å². The summed E-state index contributed by atoms with van der Waals surface area (Å²) < 4.78 is 0. The second-order valence-electron chi connectivity index (χ2n) is 5.78. The smallest absolute Gasteiger partial charge is 0.352 e. The number of H-pyrrole nitrogens is 2. The molecule has 0 atom stereocenters. The molecule has 4 rings (SSSR count). The summed E-state index contributed by atoms with van der Waals surface area (Å²) >= 11 is 6.00. The standard InChI is InChI=1S/C18H12ClN3O4/c19-8-2-1-3-9(4-8)20-17-16-11(5-13(22-17)18(25)26)10-6-14(23)15(24)7-12(10)21-16/h1-7,20-23H,(H,25,26). The van der Waals surface area contributed by atoms with Crippen LogP contribution in [0.4, 0.5) is 11.5 Å². The monoisotopic (exact) mass is 369 g/mol. The number of rotatable bonds is 3. The normalized spacial score (nSPS) is 11.1. The van der Waals surface area contributed by atoms with E-state index in [-0.39, 0.29) is 5.69 Å². The summed E-state index contributed by atoms with van der Waals surface area (Å²) in [5, 5.41) is 23.8. The molecule has 0 aliphatic rings. The number of aromatic amines is 2. The predicted molar refractivity (Wildman–Crippen MR) is 99.8 cm³/mol. The van der Waals surface area contributed by atoms with Crippen LogP contribution in [-0.4, -0.2) is 26.2 Å². The number of carboxylic acid groups (broad SMARTS) is 1. The molecule has 0 saturated carbocycles. The van der Waals surface area contributed by atoms with Crippen molar-refractivity contribution in [3.63, 3.8) is 0 Å². The molecule has 130 valence electrons. The molecule has 5 N–H and O–H groups in total. The van der Waals surface area contributed by atoms with Gasteiger partial charge in [-0.2, -0.15) is 0 Å². The van der Waals surface area contributed by atoms with Crippen molar-refractivity contribution >= 4 is 50.9 Å². The Bertz CT molecular complexity index is 1240. The Labute approximate surface area is 150 Å². The first-order valence-corrected chi connectivity index (χ1v) is 7.98. The third-order valence-electron chi connectivity index (χ3n) is 4.04. The number of carbonyl (C=O) groups is 1. The number of aromatic carboxylic acids is 1. The van der Waals surface area contributed by atoms with Crippen molar-refractivity contribution in [2.24, 2.45) is 0 Å². The maximum atomic E-state index is 11.7. The quantitative estimate of drug-likeness (QED) is 0.376. The Hall–Kier alpha value is -3.45. The van der Waals surface area contributed by atoms with Crippen molar-refractivity contribution in [1.29, 1.82) is 0 Å². The van der Waals surface area contributed by atoms with Crippen LogP contribution in [-0.2, 0) is 0 Å². The summed E-state index contributed by atoms with van der Waals surface area (Å²) in [7, 11) is 0. The highest BCUT2D eigenvalue weighted by Gasteiger charge is 2.15. The summed E-state index contributed by atoms with van der Waals surface area (Å²) in [4.78, 5) is 29.1. The summed E-state index contributed by atoms with van der Waals surface area (Å²) in [6.45, 7) is 0. The maximum Gasteiger partial charge on any atom is 0.352 e. The minimum Gasteiger partial charge on any atom is -0.504 e. The summed E-state index contributed by atoms with van der Waals surface area (Å²) in [6, 6.07) is 11.0. The Morgan fingerprint density at radius 1 is 1.08 bits per heavy atom. The molecule has 0 unspecified atom stereocenters. The molecule has 0 aliphatic carbocycles. The van der Waals surface area contributed by atoms with E-state index in [2.05, 4.69) is 15.3 Å².